The van der Waals surface area contributed by atoms with Crippen molar-refractivity contribution < 1.29 is 4.79 Å². The lowest BCUT2D eigenvalue weighted by Gasteiger charge is -2.22. The van der Waals surface area contributed by atoms with E-state index in [0.29, 0.717) is 28.3 Å². The van der Waals surface area contributed by atoms with Crippen LogP contribution in [0.3, 0.4) is 0 Å². The number of nitrogens with zero attached hydrogens (tertiary/aromatic N) is 6. The molecular weight excluding hydrogens is 366 g/mol. The summed E-state index contributed by atoms with van der Waals surface area (Å²) in [5, 5.41) is 20.2. The van der Waals surface area contributed by atoms with Gasteiger partial charge in [0.25, 0.3) is 5.91 Å². The van der Waals surface area contributed by atoms with Gasteiger partial charge < -0.3 is 5.32 Å². The topological polar surface area (TPSA) is 101 Å². The number of hydrogen-bond acceptors (Lipinski definition) is 5. The molecule has 134 valence electrons. The number of halogens is 1. The van der Waals surface area contributed by atoms with Crippen LogP contribution in [0.25, 0.3) is 5.65 Å². The second kappa shape index (κ2) is 6.70. The standard InChI is InChI=1S/C18H14ClN7O/c1-11-7-16(26(24-11)15-8-12(9-20)3-4-14(15)19)23-18(27)13-10-22-25-6-2-5-21-17(13)25/h2-8,10,14-15H,1H3,(H,23,27)/t14-,15?/m1/s1. The number of allylic oxidation sites excluding steroid dienone is 4. The van der Waals surface area contributed by atoms with Gasteiger partial charge in [0.15, 0.2) is 5.65 Å². The molecule has 1 unspecified atom stereocenters. The average Bonchev–Trinajstić information content (AvgIpc) is 3.25. The molecule has 0 aliphatic heterocycles. The molecule has 1 amide bonds. The highest BCUT2D eigenvalue weighted by Gasteiger charge is 2.25. The first-order valence-electron chi connectivity index (χ1n) is 8.17. The van der Waals surface area contributed by atoms with Crippen molar-refractivity contribution in [3.05, 3.63) is 65.8 Å². The van der Waals surface area contributed by atoms with E-state index >= 15 is 0 Å². The number of nitriles is 1. The molecule has 1 aliphatic rings. The van der Waals surface area contributed by atoms with Crippen LogP contribution in [0, 0.1) is 18.3 Å². The second-order valence-corrected chi connectivity index (χ2v) is 6.55. The molecule has 27 heavy (non-hydrogen) atoms. The quantitative estimate of drug-likeness (QED) is 0.705. The lowest BCUT2D eigenvalue weighted by molar-refractivity contribution is 0.102. The number of rotatable bonds is 3. The number of nitrogens with one attached hydrogen (secondary N) is 1. The molecule has 8 nitrogen and oxygen atoms in total. The molecule has 3 aromatic heterocycles. The number of fused-ring (bicyclic) bond motifs is 1. The van der Waals surface area contributed by atoms with Gasteiger partial charge in [0.2, 0.25) is 0 Å². The summed E-state index contributed by atoms with van der Waals surface area (Å²) in [7, 11) is 0. The summed E-state index contributed by atoms with van der Waals surface area (Å²) < 4.78 is 3.14. The molecule has 1 aliphatic carbocycles. The second-order valence-electron chi connectivity index (χ2n) is 6.04. The van der Waals surface area contributed by atoms with Crippen LogP contribution in [0.1, 0.15) is 22.1 Å². The highest BCUT2D eigenvalue weighted by atomic mass is 35.5. The Kier molecular flexibility index (Phi) is 4.22. The zero-order valence-electron chi connectivity index (χ0n) is 14.2. The number of alkyl halides is 1. The van der Waals surface area contributed by atoms with E-state index in [9.17, 15) is 4.79 Å². The lowest BCUT2D eigenvalue weighted by atomic mass is 10.0. The third-order valence-electron chi connectivity index (χ3n) is 4.17. The third-order valence-corrected chi connectivity index (χ3v) is 4.57. The predicted octanol–water partition coefficient (Wildman–Crippen LogP) is 2.65. The fourth-order valence-corrected chi connectivity index (χ4v) is 3.18. The zero-order valence-corrected chi connectivity index (χ0v) is 15.0. The summed E-state index contributed by atoms with van der Waals surface area (Å²) in [6, 6.07) is 5.19. The molecular formula is C18H14ClN7O. The largest absolute Gasteiger partial charge is 0.307 e. The van der Waals surface area contributed by atoms with Crippen LogP contribution < -0.4 is 5.32 Å². The smallest absolute Gasteiger partial charge is 0.262 e. The van der Waals surface area contributed by atoms with Crippen molar-refractivity contribution in [2.75, 3.05) is 5.32 Å². The number of anilines is 1. The summed E-state index contributed by atoms with van der Waals surface area (Å²) in [4.78, 5) is 17.0. The van der Waals surface area contributed by atoms with Crippen molar-refractivity contribution in [3.8, 4) is 6.07 Å². The Hall–Kier alpha value is -3.44. The van der Waals surface area contributed by atoms with Crippen molar-refractivity contribution in [1.82, 2.24) is 24.4 Å². The number of amides is 1. The first kappa shape index (κ1) is 17.0. The fraction of sp³-hybridized carbons (Fsp3) is 0.167. The van der Waals surface area contributed by atoms with Crippen LogP contribution >= 0.6 is 11.6 Å². The Balaban J connectivity index is 1.68. The molecule has 0 spiro atoms. The van der Waals surface area contributed by atoms with Crippen molar-refractivity contribution in [2.45, 2.75) is 18.3 Å². The Morgan fingerprint density at radius 2 is 2.30 bits per heavy atom. The number of aromatic nitrogens is 5. The van der Waals surface area contributed by atoms with Crippen LogP contribution in [-0.4, -0.2) is 35.7 Å². The minimum atomic E-state index is -0.393. The van der Waals surface area contributed by atoms with Crippen molar-refractivity contribution >= 4 is 29.0 Å². The molecule has 0 saturated heterocycles. The minimum Gasteiger partial charge on any atom is -0.307 e. The van der Waals surface area contributed by atoms with Crippen LogP contribution in [0.4, 0.5) is 5.82 Å². The molecule has 0 saturated carbocycles. The Morgan fingerprint density at radius 3 is 3.11 bits per heavy atom. The molecule has 4 rings (SSSR count). The maximum atomic E-state index is 12.8. The van der Waals surface area contributed by atoms with Gasteiger partial charge in [-0.2, -0.15) is 15.5 Å². The van der Waals surface area contributed by atoms with Gasteiger partial charge in [-0.3, -0.25) is 4.79 Å². The van der Waals surface area contributed by atoms with Crippen LogP contribution in [0.5, 0.6) is 0 Å². The lowest BCUT2D eigenvalue weighted by Crippen LogP contribution is -2.24. The van der Waals surface area contributed by atoms with E-state index in [1.807, 2.05) is 6.92 Å². The molecule has 0 bridgehead atoms. The van der Waals surface area contributed by atoms with Gasteiger partial charge in [-0.05, 0) is 25.1 Å². The van der Waals surface area contributed by atoms with E-state index in [0.717, 1.165) is 0 Å². The first-order valence-corrected chi connectivity index (χ1v) is 8.60. The Morgan fingerprint density at radius 1 is 1.44 bits per heavy atom. The summed E-state index contributed by atoms with van der Waals surface area (Å²) in [5.41, 5.74) is 2.02. The molecule has 0 aromatic carbocycles. The highest BCUT2D eigenvalue weighted by Crippen LogP contribution is 2.29. The Labute approximate surface area is 159 Å². The molecule has 2 atom stereocenters. The summed E-state index contributed by atoms with van der Waals surface area (Å²) in [6.45, 7) is 1.82. The van der Waals surface area contributed by atoms with Crippen LogP contribution in [0.2, 0.25) is 0 Å². The molecule has 0 fully saturated rings. The van der Waals surface area contributed by atoms with Gasteiger partial charge >= 0.3 is 0 Å². The van der Waals surface area contributed by atoms with E-state index in [1.165, 1.54) is 10.7 Å². The minimum absolute atomic E-state index is 0.347. The van der Waals surface area contributed by atoms with Gasteiger partial charge in [-0.15, -0.1) is 11.6 Å². The number of hydrogen-bond donors (Lipinski definition) is 1. The zero-order chi connectivity index (χ0) is 19.0. The normalized spacial score (nSPS) is 18.9. The Bertz CT molecular complexity index is 1130. The molecule has 0 radical (unpaired) electrons. The molecule has 9 heteroatoms. The maximum absolute atomic E-state index is 12.8. The van der Waals surface area contributed by atoms with E-state index < -0.39 is 11.4 Å². The van der Waals surface area contributed by atoms with Crippen molar-refractivity contribution in [2.24, 2.45) is 0 Å². The van der Waals surface area contributed by atoms with Crippen molar-refractivity contribution in [3.63, 3.8) is 0 Å². The van der Waals surface area contributed by atoms with Gasteiger partial charge in [0.1, 0.15) is 11.4 Å². The molecule has 1 N–H and O–H groups in total. The average molecular weight is 380 g/mol. The summed E-state index contributed by atoms with van der Waals surface area (Å²) in [5.74, 6) is 0.124. The van der Waals surface area contributed by atoms with Gasteiger partial charge in [-0.1, -0.05) is 6.08 Å². The van der Waals surface area contributed by atoms with Crippen LogP contribution in [0.15, 0.2) is 54.5 Å². The summed E-state index contributed by atoms with van der Waals surface area (Å²) in [6.07, 6.45) is 9.93. The predicted molar refractivity (Wildman–Crippen MR) is 99.4 cm³/mol. The van der Waals surface area contributed by atoms with E-state index in [-0.39, 0.29) is 5.91 Å². The SMILES string of the molecule is Cc1cc(NC(=O)c2cnn3cccnc23)n(C2C=C(C#N)C=C[C@H]2Cl)n1. The first-order chi connectivity index (χ1) is 13.1. The van der Waals surface area contributed by atoms with Crippen LogP contribution in [-0.2, 0) is 0 Å². The third kappa shape index (κ3) is 3.09. The summed E-state index contributed by atoms with van der Waals surface area (Å²) >= 11 is 6.40. The number of carbonyl (C=O) groups excluding carboxylic acids is 1. The fourth-order valence-electron chi connectivity index (χ4n) is 2.93. The van der Waals surface area contributed by atoms with Crippen molar-refractivity contribution in [1.29, 1.82) is 5.26 Å². The number of aryl methyl sites for hydroxylation is 1. The number of carbonyl (C=O) groups is 1. The van der Waals surface area contributed by atoms with E-state index in [4.69, 9.17) is 16.9 Å². The molecule has 3 heterocycles. The maximum Gasteiger partial charge on any atom is 0.262 e. The van der Waals surface area contributed by atoms with Gasteiger partial charge in [0.05, 0.1) is 29.4 Å². The van der Waals surface area contributed by atoms with Gasteiger partial charge in [-0.25, -0.2) is 14.2 Å². The monoisotopic (exact) mass is 379 g/mol. The highest BCUT2D eigenvalue weighted by molar-refractivity contribution is 6.22. The van der Waals surface area contributed by atoms with E-state index in [1.54, 1.807) is 47.4 Å². The van der Waals surface area contributed by atoms with Gasteiger partial charge in [0, 0.05) is 24.0 Å². The molecule has 3 aromatic rings. The van der Waals surface area contributed by atoms with E-state index in [2.05, 4.69) is 26.6 Å².